The number of nitro benzene ring substituents is 1. The van der Waals surface area contributed by atoms with Gasteiger partial charge >= 0.3 is 12.0 Å². The maximum absolute atomic E-state index is 12.7. The molecule has 1 unspecified atom stereocenters. The van der Waals surface area contributed by atoms with E-state index in [4.69, 9.17) is 0 Å². The fourth-order valence-electron chi connectivity index (χ4n) is 4.16. The van der Waals surface area contributed by atoms with Crippen LogP contribution in [0.1, 0.15) is 37.2 Å². The van der Waals surface area contributed by atoms with Gasteiger partial charge in [-0.15, -0.1) is 13.2 Å². The number of Topliss-reactive ketones (excluding diaryl/α,β-unsaturated/α-hetero) is 1. The van der Waals surface area contributed by atoms with Gasteiger partial charge in [-0.3, -0.25) is 14.9 Å². The van der Waals surface area contributed by atoms with Crippen molar-refractivity contribution in [3.63, 3.8) is 0 Å². The highest BCUT2D eigenvalue weighted by Gasteiger charge is 2.45. The molecule has 2 aliphatic heterocycles. The van der Waals surface area contributed by atoms with Gasteiger partial charge in [0.1, 0.15) is 0 Å². The van der Waals surface area contributed by atoms with Gasteiger partial charge in [-0.25, -0.2) is 8.42 Å². The number of ketones is 1. The molecule has 30 heavy (non-hydrogen) atoms. The smallest absolute Gasteiger partial charge is 0.398 e. The fourth-order valence-corrected chi connectivity index (χ4v) is 6.00. The Balaban J connectivity index is 1.90. The monoisotopic (exact) mass is 444 g/mol. The zero-order chi connectivity index (χ0) is 21.8. The lowest BCUT2D eigenvalue weighted by atomic mass is 9.79. The number of nitrogens with zero attached hydrogens (tertiary/aromatic N) is 1. The van der Waals surface area contributed by atoms with Crippen LogP contribution in [0.25, 0.3) is 0 Å². The van der Waals surface area contributed by atoms with Crippen molar-refractivity contribution in [1.82, 2.24) is 5.32 Å². The summed E-state index contributed by atoms with van der Waals surface area (Å²) in [6, 6.07) is 2.76. The van der Waals surface area contributed by atoms with Gasteiger partial charge in [-0.2, -0.15) is 0 Å². The summed E-state index contributed by atoms with van der Waals surface area (Å²) >= 11 is 0. The quantitative estimate of drug-likeness (QED) is 0.562. The molecule has 0 bridgehead atoms. The number of alkyl halides is 3. The van der Waals surface area contributed by atoms with Gasteiger partial charge in [0.2, 0.25) is 5.75 Å². The third kappa shape index (κ3) is 3.44. The molecule has 1 atom stereocenters. The molecule has 8 nitrogen and oxygen atoms in total. The first-order valence-electron chi connectivity index (χ1n) is 9.01. The Morgan fingerprint density at radius 1 is 1.17 bits per heavy atom. The van der Waals surface area contributed by atoms with Crippen molar-refractivity contribution in [2.24, 2.45) is 0 Å². The second-order valence-corrected chi connectivity index (χ2v) is 9.25. The molecule has 0 fully saturated rings. The van der Waals surface area contributed by atoms with Gasteiger partial charge < -0.3 is 10.1 Å². The number of nitro groups is 1. The SMILES string of the molecule is O=C1CCCC2=C1C(c1ccc(OC(F)(F)F)c([N+](=O)[O-])c1)C1=C(CCS1(=O)=O)N2. The van der Waals surface area contributed by atoms with Crippen molar-refractivity contribution >= 4 is 21.3 Å². The highest BCUT2D eigenvalue weighted by Crippen LogP contribution is 2.48. The van der Waals surface area contributed by atoms with E-state index in [0.29, 0.717) is 24.2 Å². The molecule has 4 rings (SSSR count). The molecular formula is C18H15F3N2O6S. The van der Waals surface area contributed by atoms with E-state index >= 15 is 0 Å². The molecular weight excluding hydrogens is 429 g/mol. The molecule has 0 spiro atoms. The molecule has 1 N–H and O–H groups in total. The fraction of sp³-hybridized carbons (Fsp3) is 0.389. The van der Waals surface area contributed by atoms with Gasteiger partial charge in [0.25, 0.3) is 0 Å². The van der Waals surface area contributed by atoms with Crippen LogP contribution in [0, 0.1) is 10.1 Å². The lowest BCUT2D eigenvalue weighted by Gasteiger charge is -2.33. The number of benzene rings is 1. The Morgan fingerprint density at radius 2 is 1.90 bits per heavy atom. The van der Waals surface area contributed by atoms with Crippen LogP contribution < -0.4 is 10.1 Å². The van der Waals surface area contributed by atoms with E-state index < -0.39 is 38.5 Å². The number of carbonyl (C=O) groups is 1. The lowest BCUT2D eigenvalue weighted by molar-refractivity contribution is -0.388. The number of ether oxygens (including phenoxy) is 1. The van der Waals surface area contributed by atoms with Gasteiger partial charge in [0.05, 0.1) is 21.5 Å². The van der Waals surface area contributed by atoms with E-state index in [9.17, 15) is 36.5 Å². The van der Waals surface area contributed by atoms with Crippen LogP contribution in [0.4, 0.5) is 18.9 Å². The second kappa shape index (κ2) is 6.83. The number of hydrogen-bond acceptors (Lipinski definition) is 7. The van der Waals surface area contributed by atoms with Crippen molar-refractivity contribution in [3.05, 3.63) is 55.7 Å². The van der Waals surface area contributed by atoms with Crippen molar-refractivity contribution < 1.29 is 36.0 Å². The number of allylic oxidation sites excluding steroid dienone is 4. The molecule has 2 heterocycles. The standard InChI is InChI=1S/C18H15F3N2O6S/c19-18(20,21)29-14-5-4-9(8-12(14)23(25)26)15-16-10(2-1-3-13(16)24)22-11-6-7-30(27,28)17(11)15/h4-5,8,15,22H,1-3,6-7H2. The number of nitrogens with one attached hydrogen (secondary N) is 1. The number of hydrogen-bond donors (Lipinski definition) is 1. The van der Waals surface area contributed by atoms with E-state index in [1.54, 1.807) is 0 Å². The first kappa shape index (κ1) is 20.4. The molecule has 12 heteroatoms. The largest absolute Gasteiger partial charge is 0.573 e. The summed E-state index contributed by atoms with van der Waals surface area (Å²) in [5.41, 5.74) is 0.270. The van der Waals surface area contributed by atoms with E-state index in [1.165, 1.54) is 0 Å². The highest BCUT2D eigenvalue weighted by atomic mass is 32.2. The Morgan fingerprint density at radius 3 is 2.57 bits per heavy atom. The average molecular weight is 444 g/mol. The number of rotatable bonds is 3. The van der Waals surface area contributed by atoms with Crippen LogP contribution in [0.2, 0.25) is 0 Å². The first-order valence-corrected chi connectivity index (χ1v) is 10.7. The van der Waals surface area contributed by atoms with Gasteiger partial charge in [0.15, 0.2) is 15.6 Å². The minimum atomic E-state index is -5.14. The summed E-state index contributed by atoms with van der Waals surface area (Å²) in [4.78, 5) is 23.0. The molecule has 0 amide bonds. The predicted octanol–water partition coefficient (Wildman–Crippen LogP) is 3.22. The van der Waals surface area contributed by atoms with Gasteiger partial charge in [-0.05, 0) is 24.5 Å². The summed E-state index contributed by atoms with van der Waals surface area (Å²) in [7, 11) is -3.74. The van der Waals surface area contributed by atoms with Crippen molar-refractivity contribution in [2.45, 2.75) is 38.0 Å². The molecule has 160 valence electrons. The summed E-state index contributed by atoms with van der Waals surface area (Å²) in [5, 5.41) is 14.4. The van der Waals surface area contributed by atoms with Crippen LogP contribution in [0.3, 0.4) is 0 Å². The van der Waals surface area contributed by atoms with E-state index in [2.05, 4.69) is 10.1 Å². The topological polar surface area (TPSA) is 116 Å². The zero-order valence-electron chi connectivity index (χ0n) is 15.3. The number of dihydropyridines is 1. The Hall–Kier alpha value is -2.89. The third-order valence-corrected chi connectivity index (χ3v) is 7.19. The number of halogens is 3. The van der Waals surface area contributed by atoms with Crippen molar-refractivity contribution in [3.8, 4) is 5.75 Å². The summed E-state index contributed by atoms with van der Waals surface area (Å²) in [5.74, 6) is -2.58. The predicted molar refractivity (Wildman–Crippen MR) is 97.0 cm³/mol. The first-order chi connectivity index (χ1) is 14.0. The maximum atomic E-state index is 12.7. The molecule has 0 saturated heterocycles. The maximum Gasteiger partial charge on any atom is 0.573 e. The van der Waals surface area contributed by atoms with Crippen LogP contribution in [-0.2, 0) is 14.6 Å². The Bertz CT molecular complexity index is 1140. The Kier molecular flexibility index (Phi) is 4.64. The van der Waals surface area contributed by atoms with Gasteiger partial charge in [-0.1, -0.05) is 6.07 Å². The zero-order valence-corrected chi connectivity index (χ0v) is 16.1. The van der Waals surface area contributed by atoms with E-state index in [0.717, 1.165) is 18.2 Å². The summed E-state index contributed by atoms with van der Waals surface area (Å²) < 4.78 is 66.9. The minimum Gasteiger partial charge on any atom is -0.398 e. The molecule has 0 aromatic heterocycles. The normalized spacial score (nSPS) is 23.0. The average Bonchev–Trinajstić information content (AvgIpc) is 2.94. The molecule has 1 aromatic carbocycles. The summed E-state index contributed by atoms with van der Waals surface area (Å²) in [6.45, 7) is 0. The second-order valence-electron chi connectivity index (χ2n) is 7.17. The molecule has 0 saturated carbocycles. The molecule has 0 radical (unpaired) electrons. The minimum absolute atomic E-state index is 0.0460. The Labute approximate surface area is 168 Å². The van der Waals surface area contributed by atoms with Crippen LogP contribution in [-0.4, -0.2) is 31.2 Å². The number of sulfone groups is 1. The van der Waals surface area contributed by atoms with E-state index in [1.807, 2.05) is 0 Å². The van der Waals surface area contributed by atoms with Crippen molar-refractivity contribution in [2.75, 3.05) is 5.75 Å². The summed E-state index contributed by atoms with van der Waals surface area (Å²) in [6.07, 6.45) is -3.66. The lowest BCUT2D eigenvalue weighted by Crippen LogP contribution is -2.32. The van der Waals surface area contributed by atoms with Gasteiger partial charge in [0, 0.05) is 35.9 Å². The highest BCUT2D eigenvalue weighted by molar-refractivity contribution is 7.95. The molecule has 1 aromatic rings. The third-order valence-electron chi connectivity index (χ3n) is 5.30. The van der Waals surface area contributed by atoms with Crippen molar-refractivity contribution in [1.29, 1.82) is 0 Å². The van der Waals surface area contributed by atoms with E-state index in [-0.39, 0.29) is 40.4 Å². The molecule has 1 aliphatic carbocycles. The number of carbonyl (C=O) groups excluding carboxylic acids is 1. The van der Waals surface area contributed by atoms with Crippen LogP contribution >= 0.6 is 0 Å². The van der Waals surface area contributed by atoms with Crippen LogP contribution in [0.15, 0.2) is 40.1 Å². The van der Waals surface area contributed by atoms with Crippen LogP contribution in [0.5, 0.6) is 5.75 Å². The molecule has 3 aliphatic rings.